The topological polar surface area (TPSA) is 49.7 Å². The molecule has 0 amide bonds. The summed E-state index contributed by atoms with van der Waals surface area (Å²) in [5, 5.41) is 15.2. The van der Waals surface area contributed by atoms with Crippen LogP contribution in [0.5, 0.6) is 0 Å². The SMILES string of the molecule is C[SiH2]O[Si](C)(C)C.OCCO. The van der Waals surface area contributed by atoms with Gasteiger partial charge in [0.05, 0.1) is 13.2 Å². The van der Waals surface area contributed by atoms with Gasteiger partial charge in [-0.2, -0.15) is 0 Å². The first-order valence-corrected chi connectivity index (χ1v) is 9.23. The third kappa shape index (κ3) is 25.2. The van der Waals surface area contributed by atoms with Crippen molar-refractivity contribution in [2.75, 3.05) is 13.2 Å². The lowest BCUT2D eigenvalue weighted by molar-refractivity contribution is 0.186. The molecule has 0 rings (SSSR count). The molecule has 0 saturated heterocycles. The summed E-state index contributed by atoms with van der Waals surface area (Å²) in [7, 11) is -1.22. The van der Waals surface area contributed by atoms with Crippen molar-refractivity contribution in [2.45, 2.75) is 26.2 Å². The quantitative estimate of drug-likeness (QED) is 0.622. The Morgan fingerprint density at radius 3 is 1.55 bits per heavy atom. The van der Waals surface area contributed by atoms with E-state index in [1.54, 1.807) is 0 Å². The van der Waals surface area contributed by atoms with Gasteiger partial charge in [-0.3, -0.25) is 0 Å². The van der Waals surface area contributed by atoms with E-state index in [1.165, 1.54) is 0 Å². The summed E-state index contributed by atoms with van der Waals surface area (Å²) in [6, 6.07) is 0. The Morgan fingerprint density at radius 1 is 1.18 bits per heavy atom. The smallest absolute Gasteiger partial charge is 0.169 e. The zero-order valence-electron chi connectivity index (χ0n) is 7.92. The van der Waals surface area contributed by atoms with Crippen LogP contribution in [-0.4, -0.2) is 41.5 Å². The third-order valence-corrected chi connectivity index (χ3v) is 5.30. The van der Waals surface area contributed by atoms with Gasteiger partial charge in [0.15, 0.2) is 8.32 Å². The highest BCUT2D eigenvalue weighted by atomic mass is 28.4. The van der Waals surface area contributed by atoms with Crippen LogP contribution in [0.4, 0.5) is 0 Å². The van der Waals surface area contributed by atoms with Crippen LogP contribution in [0, 0.1) is 0 Å². The minimum Gasteiger partial charge on any atom is -0.461 e. The van der Waals surface area contributed by atoms with Crippen LogP contribution in [-0.2, 0) is 4.12 Å². The Bertz CT molecular complexity index is 70.7. The van der Waals surface area contributed by atoms with Crippen molar-refractivity contribution in [1.29, 1.82) is 0 Å². The highest BCUT2D eigenvalue weighted by Gasteiger charge is 2.10. The van der Waals surface area contributed by atoms with E-state index in [0.29, 0.717) is 0 Å². The van der Waals surface area contributed by atoms with Crippen molar-refractivity contribution >= 4 is 18.1 Å². The largest absolute Gasteiger partial charge is 0.461 e. The van der Waals surface area contributed by atoms with Gasteiger partial charge in [0.1, 0.15) is 9.76 Å². The van der Waals surface area contributed by atoms with Crippen LogP contribution in [0.15, 0.2) is 0 Å². The van der Waals surface area contributed by atoms with Gasteiger partial charge in [0.25, 0.3) is 0 Å². The molecular weight excluding hydrogens is 176 g/mol. The summed E-state index contributed by atoms with van der Waals surface area (Å²) in [5.41, 5.74) is 0. The van der Waals surface area contributed by atoms with Crippen molar-refractivity contribution in [3.05, 3.63) is 0 Å². The molecule has 0 aliphatic heterocycles. The van der Waals surface area contributed by atoms with Crippen LogP contribution in [0.2, 0.25) is 26.2 Å². The summed E-state index contributed by atoms with van der Waals surface area (Å²) in [5.74, 6) is 0. The van der Waals surface area contributed by atoms with Crippen LogP contribution >= 0.6 is 0 Å². The van der Waals surface area contributed by atoms with E-state index in [-0.39, 0.29) is 23.0 Å². The number of hydrogen-bond acceptors (Lipinski definition) is 3. The highest BCUT2D eigenvalue weighted by molar-refractivity contribution is 6.73. The average Bonchev–Trinajstić information content (AvgIpc) is 1.86. The van der Waals surface area contributed by atoms with Crippen LogP contribution in [0.1, 0.15) is 0 Å². The molecule has 0 aromatic rings. The maximum atomic E-state index is 7.62. The standard InChI is InChI=1S/C4H14OSi2.C2H6O2/c1-6-5-7(2,3)4;3-1-2-4/h6H2,1-4H3;3-4H,1-2H2. The van der Waals surface area contributed by atoms with E-state index in [1.807, 2.05) is 0 Å². The van der Waals surface area contributed by atoms with E-state index in [9.17, 15) is 0 Å². The first kappa shape index (κ1) is 13.9. The molecule has 11 heavy (non-hydrogen) atoms. The zero-order valence-corrected chi connectivity index (χ0v) is 10.3. The summed E-state index contributed by atoms with van der Waals surface area (Å²) in [6.45, 7) is 8.61. The van der Waals surface area contributed by atoms with Crippen LogP contribution < -0.4 is 0 Å². The van der Waals surface area contributed by atoms with Crippen molar-refractivity contribution < 1.29 is 14.3 Å². The molecule has 0 saturated carbocycles. The summed E-state index contributed by atoms with van der Waals surface area (Å²) in [4.78, 5) is 0. The average molecular weight is 196 g/mol. The van der Waals surface area contributed by atoms with Crippen LogP contribution in [0.25, 0.3) is 0 Å². The summed E-state index contributed by atoms with van der Waals surface area (Å²) < 4.78 is 5.51. The fourth-order valence-electron chi connectivity index (χ4n) is 0.433. The fraction of sp³-hybridized carbons (Fsp3) is 1.00. The number of aliphatic hydroxyl groups is 2. The van der Waals surface area contributed by atoms with Crippen molar-refractivity contribution in [2.24, 2.45) is 0 Å². The third-order valence-electron chi connectivity index (χ3n) is 0.677. The molecule has 0 aliphatic rings. The Balaban J connectivity index is 0. The molecule has 5 heteroatoms. The zero-order chi connectivity index (χ0) is 9.33. The van der Waals surface area contributed by atoms with Gasteiger partial charge in [-0.05, 0) is 19.6 Å². The predicted molar refractivity (Wildman–Crippen MR) is 53.0 cm³/mol. The van der Waals surface area contributed by atoms with Gasteiger partial charge in [0, 0.05) is 0 Å². The van der Waals surface area contributed by atoms with E-state index in [2.05, 4.69) is 26.2 Å². The summed E-state index contributed by atoms with van der Waals surface area (Å²) >= 11 is 0. The van der Waals surface area contributed by atoms with E-state index < -0.39 is 8.32 Å². The number of hydrogen-bond donors (Lipinski definition) is 2. The molecular formula is C6H20O3Si2. The predicted octanol–water partition coefficient (Wildman–Crippen LogP) is -0.0592. The highest BCUT2D eigenvalue weighted by Crippen LogP contribution is 1.99. The van der Waals surface area contributed by atoms with Gasteiger partial charge in [0.2, 0.25) is 0 Å². The molecule has 0 atom stereocenters. The van der Waals surface area contributed by atoms with Crippen molar-refractivity contribution in [3.8, 4) is 0 Å². The lowest BCUT2D eigenvalue weighted by Crippen LogP contribution is -2.26. The minimum absolute atomic E-state index is 0.125. The van der Waals surface area contributed by atoms with E-state index >= 15 is 0 Å². The Morgan fingerprint density at radius 2 is 1.55 bits per heavy atom. The fourth-order valence-corrected chi connectivity index (χ4v) is 3.90. The van der Waals surface area contributed by atoms with Gasteiger partial charge in [-0.1, -0.05) is 6.55 Å². The van der Waals surface area contributed by atoms with Gasteiger partial charge in [-0.25, -0.2) is 0 Å². The van der Waals surface area contributed by atoms with Crippen molar-refractivity contribution in [3.63, 3.8) is 0 Å². The van der Waals surface area contributed by atoms with E-state index in [0.717, 1.165) is 0 Å². The Labute approximate surface area is 72.5 Å². The van der Waals surface area contributed by atoms with Gasteiger partial charge < -0.3 is 14.3 Å². The molecule has 0 spiro atoms. The molecule has 0 heterocycles. The second-order valence-electron chi connectivity index (χ2n) is 2.99. The molecule has 0 fully saturated rings. The molecule has 2 N–H and O–H groups in total. The monoisotopic (exact) mass is 196 g/mol. The second kappa shape index (κ2) is 8.41. The molecule has 0 aromatic heterocycles. The maximum Gasteiger partial charge on any atom is 0.169 e. The molecule has 0 aliphatic carbocycles. The van der Waals surface area contributed by atoms with Gasteiger partial charge in [-0.15, -0.1) is 0 Å². The molecule has 0 radical (unpaired) electrons. The van der Waals surface area contributed by atoms with Gasteiger partial charge >= 0.3 is 0 Å². The first-order valence-electron chi connectivity index (χ1n) is 3.83. The lowest BCUT2D eigenvalue weighted by Gasteiger charge is -2.14. The molecule has 70 valence electrons. The molecule has 0 unspecified atom stereocenters. The molecule has 0 aromatic carbocycles. The lowest BCUT2D eigenvalue weighted by atomic mass is 10.8. The molecule has 0 bridgehead atoms. The van der Waals surface area contributed by atoms with E-state index in [4.69, 9.17) is 14.3 Å². The Kier molecular flexibility index (Phi) is 10.6. The Hall–Kier alpha value is 0.314. The minimum atomic E-state index is -1.10. The number of rotatable bonds is 3. The van der Waals surface area contributed by atoms with Crippen LogP contribution in [0.3, 0.4) is 0 Å². The number of aliphatic hydroxyl groups excluding tert-OH is 2. The normalized spacial score (nSPS) is 11.5. The first-order chi connectivity index (χ1) is 4.97. The summed E-state index contributed by atoms with van der Waals surface area (Å²) in [6.07, 6.45) is 0. The van der Waals surface area contributed by atoms with Crippen molar-refractivity contribution in [1.82, 2.24) is 0 Å². The second-order valence-corrected chi connectivity index (χ2v) is 8.95. The maximum absolute atomic E-state index is 7.62. The molecule has 3 nitrogen and oxygen atoms in total.